The van der Waals surface area contributed by atoms with E-state index in [0.29, 0.717) is 22.7 Å². The van der Waals surface area contributed by atoms with Crippen LogP contribution in [0.1, 0.15) is 21.7 Å². The normalized spacial score (nSPS) is 11.9. The van der Waals surface area contributed by atoms with Gasteiger partial charge in [-0.05, 0) is 55.0 Å². The van der Waals surface area contributed by atoms with Gasteiger partial charge in [-0.2, -0.15) is 13.2 Å². The van der Waals surface area contributed by atoms with Crippen LogP contribution in [0.5, 0.6) is 0 Å². The van der Waals surface area contributed by atoms with Gasteiger partial charge in [-0.25, -0.2) is 14.4 Å². The highest BCUT2D eigenvalue weighted by Gasteiger charge is 2.31. The van der Waals surface area contributed by atoms with Crippen LogP contribution >= 0.6 is 0 Å². The Balaban J connectivity index is 1.45. The fourth-order valence-electron chi connectivity index (χ4n) is 3.58. The van der Waals surface area contributed by atoms with E-state index in [0.717, 1.165) is 17.8 Å². The van der Waals surface area contributed by atoms with Gasteiger partial charge in [0.15, 0.2) is 0 Å². The number of nitrogens with zero attached hydrogens (tertiary/aromatic N) is 3. The molecule has 5 rings (SSSR count). The summed E-state index contributed by atoms with van der Waals surface area (Å²) in [6, 6.07) is 12.2. The first kappa shape index (κ1) is 20.7. The minimum Gasteiger partial charge on any atom is -0.324 e. The fraction of sp³-hybridized carbons (Fsp3) is 0.0870. The first-order valence-electron chi connectivity index (χ1n) is 9.82. The molecule has 0 saturated carbocycles. The van der Waals surface area contributed by atoms with Gasteiger partial charge in [0, 0.05) is 17.5 Å². The molecule has 3 aromatic heterocycles. The molecule has 0 aliphatic heterocycles. The maximum atomic E-state index is 14.3. The number of aromatic nitrogens is 4. The predicted molar refractivity (Wildman–Crippen MR) is 114 cm³/mol. The summed E-state index contributed by atoms with van der Waals surface area (Å²) in [5.41, 5.74) is 1.69. The number of aryl methyl sites for hydroxylation is 1. The summed E-state index contributed by atoms with van der Waals surface area (Å²) in [6.07, 6.45) is -2.98. The molecule has 166 valence electrons. The first-order valence-corrected chi connectivity index (χ1v) is 9.82. The lowest BCUT2D eigenvalue weighted by atomic mass is 10.0. The Morgan fingerprint density at radius 3 is 2.64 bits per heavy atom. The molecule has 0 aliphatic carbocycles. The molecule has 2 N–H and O–H groups in total. The van der Waals surface area contributed by atoms with Crippen molar-refractivity contribution in [2.75, 3.05) is 5.32 Å². The maximum absolute atomic E-state index is 14.3. The number of imidazole rings is 2. The number of anilines is 1. The van der Waals surface area contributed by atoms with E-state index in [-0.39, 0.29) is 22.8 Å². The van der Waals surface area contributed by atoms with Crippen molar-refractivity contribution in [1.82, 2.24) is 19.4 Å². The van der Waals surface area contributed by atoms with Crippen LogP contribution in [-0.4, -0.2) is 25.3 Å². The van der Waals surface area contributed by atoms with Crippen molar-refractivity contribution in [2.45, 2.75) is 13.1 Å². The third-order valence-electron chi connectivity index (χ3n) is 5.25. The Bertz CT molecular complexity index is 1530. The molecular formula is C23H15F4N5O. The quantitative estimate of drug-likeness (QED) is 0.350. The lowest BCUT2D eigenvalue weighted by Crippen LogP contribution is -2.13. The maximum Gasteiger partial charge on any atom is 0.416 e. The van der Waals surface area contributed by atoms with Crippen molar-refractivity contribution >= 4 is 28.5 Å². The number of pyridine rings is 1. The number of carbonyl (C=O) groups excluding carboxylic acids is 1. The first-order chi connectivity index (χ1) is 15.7. The molecule has 0 spiro atoms. The number of aromatic amines is 1. The smallest absolute Gasteiger partial charge is 0.324 e. The van der Waals surface area contributed by atoms with Crippen LogP contribution in [0.25, 0.3) is 27.8 Å². The van der Waals surface area contributed by atoms with E-state index in [4.69, 9.17) is 0 Å². The second-order valence-corrected chi connectivity index (χ2v) is 7.49. The molecule has 0 fully saturated rings. The van der Waals surface area contributed by atoms with Crippen LogP contribution in [0, 0.1) is 12.7 Å². The largest absolute Gasteiger partial charge is 0.416 e. The minimum absolute atomic E-state index is 0.130. The number of fused-ring (bicyclic) bond motifs is 2. The number of amides is 1. The topological polar surface area (TPSA) is 75.1 Å². The Morgan fingerprint density at radius 1 is 1.06 bits per heavy atom. The highest BCUT2D eigenvalue weighted by atomic mass is 19.4. The van der Waals surface area contributed by atoms with Gasteiger partial charge in [-0.15, -0.1) is 0 Å². The molecular weight excluding hydrogens is 438 g/mol. The van der Waals surface area contributed by atoms with E-state index < -0.39 is 23.5 Å². The highest BCUT2D eigenvalue weighted by molar-refractivity contribution is 6.03. The van der Waals surface area contributed by atoms with Gasteiger partial charge in [0.1, 0.15) is 17.2 Å². The Labute approximate surface area is 183 Å². The van der Waals surface area contributed by atoms with Crippen LogP contribution in [0.15, 0.2) is 60.8 Å². The summed E-state index contributed by atoms with van der Waals surface area (Å²) in [5.74, 6) is -1.14. The van der Waals surface area contributed by atoms with E-state index in [2.05, 4.69) is 20.3 Å². The average molecular weight is 453 g/mol. The minimum atomic E-state index is -4.59. The van der Waals surface area contributed by atoms with Gasteiger partial charge in [0.2, 0.25) is 5.95 Å². The van der Waals surface area contributed by atoms with Crippen LogP contribution in [0.3, 0.4) is 0 Å². The fourth-order valence-corrected chi connectivity index (χ4v) is 3.58. The molecule has 0 bridgehead atoms. The van der Waals surface area contributed by atoms with E-state index in [1.807, 2.05) is 19.1 Å². The summed E-state index contributed by atoms with van der Waals surface area (Å²) < 4.78 is 55.2. The molecule has 5 aromatic rings. The third-order valence-corrected chi connectivity index (χ3v) is 5.25. The molecule has 1 amide bonds. The van der Waals surface area contributed by atoms with Crippen LogP contribution in [-0.2, 0) is 6.18 Å². The molecule has 0 radical (unpaired) electrons. The number of benzene rings is 2. The highest BCUT2D eigenvalue weighted by Crippen LogP contribution is 2.34. The number of hydrogen-bond donors (Lipinski definition) is 2. The molecule has 0 atom stereocenters. The summed E-state index contributed by atoms with van der Waals surface area (Å²) in [6.45, 7) is 1.89. The summed E-state index contributed by atoms with van der Waals surface area (Å²) >= 11 is 0. The van der Waals surface area contributed by atoms with Gasteiger partial charge in [0.25, 0.3) is 5.91 Å². The SMILES string of the molecule is Cc1cccc2nc(C(=O)Nc3nc4cc(-c5cc(C(F)(F)F)ccc5F)ccc4[nH]3)cn12. The number of rotatable bonds is 3. The zero-order chi connectivity index (χ0) is 23.3. The second-order valence-electron chi connectivity index (χ2n) is 7.49. The molecule has 3 heterocycles. The summed E-state index contributed by atoms with van der Waals surface area (Å²) in [5, 5.41) is 2.62. The molecule has 0 saturated heterocycles. The van der Waals surface area contributed by atoms with Gasteiger partial charge < -0.3 is 9.38 Å². The van der Waals surface area contributed by atoms with Gasteiger partial charge in [-0.3, -0.25) is 10.1 Å². The number of carbonyl (C=O) groups is 1. The number of H-pyrrole nitrogens is 1. The molecule has 33 heavy (non-hydrogen) atoms. The van der Waals surface area contributed by atoms with Crippen molar-refractivity contribution < 1.29 is 22.4 Å². The lowest BCUT2D eigenvalue weighted by Gasteiger charge is -2.10. The van der Waals surface area contributed by atoms with Gasteiger partial charge >= 0.3 is 6.18 Å². The Hall–Kier alpha value is -4.21. The monoisotopic (exact) mass is 453 g/mol. The zero-order valence-electron chi connectivity index (χ0n) is 17.0. The van der Waals surface area contributed by atoms with Crippen molar-refractivity contribution in [3.8, 4) is 11.1 Å². The number of hydrogen-bond acceptors (Lipinski definition) is 3. The van der Waals surface area contributed by atoms with Crippen molar-refractivity contribution in [3.05, 3.63) is 83.6 Å². The molecule has 10 heteroatoms. The number of halogens is 4. The molecule has 0 unspecified atom stereocenters. The molecule has 2 aromatic carbocycles. The second kappa shape index (κ2) is 7.44. The van der Waals surface area contributed by atoms with Gasteiger partial charge in [-0.1, -0.05) is 12.1 Å². The Morgan fingerprint density at radius 2 is 1.88 bits per heavy atom. The number of alkyl halides is 3. The Kier molecular flexibility index (Phi) is 4.66. The van der Waals surface area contributed by atoms with E-state index >= 15 is 0 Å². The van der Waals surface area contributed by atoms with Crippen LogP contribution < -0.4 is 5.32 Å². The zero-order valence-corrected chi connectivity index (χ0v) is 17.0. The van der Waals surface area contributed by atoms with Crippen molar-refractivity contribution in [1.29, 1.82) is 0 Å². The van der Waals surface area contributed by atoms with Crippen molar-refractivity contribution in [3.63, 3.8) is 0 Å². The standard InChI is InChI=1S/C23H15F4N5O/c1-12-3-2-4-20-28-19(11-32(12)20)21(33)31-22-29-17-8-5-13(9-18(17)30-22)15-10-14(23(25,26)27)6-7-16(15)24/h2-11H,1H3,(H2,29,30,31,33). The van der Waals surface area contributed by atoms with Crippen LogP contribution in [0.2, 0.25) is 0 Å². The van der Waals surface area contributed by atoms with E-state index in [1.165, 1.54) is 12.1 Å². The van der Waals surface area contributed by atoms with Crippen molar-refractivity contribution in [2.24, 2.45) is 0 Å². The van der Waals surface area contributed by atoms with E-state index in [9.17, 15) is 22.4 Å². The van der Waals surface area contributed by atoms with E-state index in [1.54, 1.807) is 22.7 Å². The number of nitrogens with one attached hydrogen (secondary N) is 2. The van der Waals surface area contributed by atoms with Crippen LogP contribution in [0.4, 0.5) is 23.5 Å². The third kappa shape index (κ3) is 3.79. The summed E-state index contributed by atoms with van der Waals surface area (Å²) in [7, 11) is 0. The summed E-state index contributed by atoms with van der Waals surface area (Å²) in [4.78, 5) is 24.1. The molecule has 0 aliphatic rings. The average Bonchev–Trinajstić information content (AvgIpc) is 3.37. The molecule has 6 nitrogen and oxygen atoms in total. The predicted octanol–water partition coefficient (Wildman–Crippen LogP) is 5.60. The lowest BCUT2D eigenvalue weighted by molar-refractivity contribution is -0.137. The van der Waals surface area contributed by atoms with Gasteiger partial charge in [0.05, 0.1) is 16.6 Å².